The summed E-state index contributed by atoms with van der Waals surface area (Å²) in [6.45, 7) is 7.46. The third-order valence-corrected chi connectivity index (χ3v) is 5.66. The van der Waals surface area contributed by atoms with Crippen molar-refractivity contribution in [1.82, 2.24) is 10.4 Å². The molecule has 0 atom stereocenters. The zero-order chi connectivity index (χ0) is 22.8. The van der Waals surface area contributed by atoms with Gasteiger partial charge in [0.2, 0.25) is 12.2 Å². The molecule has 166 valence electrons. The second-order valence-corrected chi connectivity index (χ2v) is 8.80. The number of aryl methyl sites for hydroxylation is 1. The molecule has 32 heavy (non-hydrogen) atoms. The quantitative estimate of drug-likeness (QED) is 0.340. The summed E-state index contributed by atoms with van der Waals surface area (Å²) in [5, 5.41) is 10.9. The summed E-state index contributed by atoms with van der Waals surface area (Å²) in [7, 11) is 1.90. The van der Waals surface area contributed by atoms with Crippen molar-refractivity contribution in [2.75, 3.05) is 12.4 Å². The Morgan fingerprint density at radius 1 is 1.16 bits per heavy atom. The van der Waals surface area contributed by atoms with E-state index in [4.69, 9.17) is 16.0 Å². The Morgan fingerprint density at radius 3 is 2.59 bits per heavy atom. The monoisotopic (exact) mass is 451 g/mol. The van der Waals surface area contributed by atoms with Gasteiger partial charge < -0.3 is 15.1 Å². The molecule has 0 aliphatic heterocycles. The van der Waals surface area contributed by atoms with Crippen molar-refractivity contribution in [2.24, 2.45) is 0 Å². The van der Waals surface area contributed by atoms with Gasteiger partial charge in [-0.15, -0.1) is 4.68 Å². The molecule has 6 nitrogen and oxygen atoms in total. The number of hydrogen-bond acceptors (Lipinski definition) is 3. The van der Waals surface area contributed by atoms with Crippen LogP contribution in [0.4, 0.5) is 5.69 Å². The van der Waals surface area contributed by atoms with Crippen LogP contribution in [-0.4, -0.2) is 18.1 Å². The maximum Gasteiger partial charge on any atom is 0.277 e. The van der Waals surface area contributed by atoms with Crippen LogP contribution in [0.1, 0.15) is 52.8 Å². The lowest BCUT2D eigenvalue weighted by molar-refractivity contribution is -0.747. The molecule has 0 bridgehead atoms. The van der Waals surface area contributed by atoms with E-state index in [2.05, 4.69) is 29.6 Å². The fourth-order valence-corrected chi connectivity index (χ4v) is 3.97. The molecular weight excluding hydrogens is 424 g/mol. The van der Waals surface area contributed by atoms with Gasteiger partial charge in [0.1, 0.15) is 11.3 Å². The fourth-order valence-electron chi connectivity index (χ4n) is 3.72. The summed E-state index contributed by atoms with van der Waals surface area (Å²) >= 11 is 6.37. The fraction of sp³-hybridized carbons (Fsp3) is 0.280. The van der Waals surface area contributed by atoms with Crippen molar-refractivity contribution in [3.8, 4) is 0 Å². The number of carbonyl (C=O) groups excluding carboxylic acids is 1. The van der Waals surface area contributed by atoms with Crippen molar-refractivity contribution in [3.05, 3.63) is 81.8 Å². The van der Waals surface area contributed by atoms with E-state index >= 15 is 0 Å². The van der Waals surface area contributed by atoms with E-state index in [9.17, 15) is 4.79 Å². The average molecular weight is 452 g/mol. The number of nitrogens with zero attached hydrogens (tertiary/aromatic N) is 1. The van der Waals surface area contributed by atoms with Crippen LogP contribution in [0.5, 0.6) is 0 Å². The number of carbonyl (C=O) groups is 1. The van der Waals surface area contributed by atoms with Crippen LogP contribution in [0.25, 0.3) is 11.0 Å². The first kappa shape index (κ1) is 22.1. The van der Waals surface area contributed by atoms with Crippen LogP contribution in [0, 0.1) is 6.92 Å². The zero-order valence-corrected chi connectivity index (χ0v) is 19.5. The first-order valence-corrected chi connectivity index (χ1v) is 11.1. The lowest BCUT2D eigenvalue weighted by Crippen LogP contribution is -2.39. The number of halogens is 1. The molecule has 0 aliphatic rings. The molecular formula is C25H28ClN4O2+. The molecule has 2 aromatic carbocycles. The number of fused-ring (bicyclic) bond motifs is 1. The van der Waals surface area contributed by atoms with Crippen molar-refractivity contribution >= 4 is 34.2 Å². The van der Waals surface area contributed by atoms with Crippen LogP contribution < -0.4 is 15.3 Å². The summed E-state index contributed by atoms with van der Waals surface area (Å²) in [5.74, 6) is 1.03. The second-order valence-electron chi connectivity index (χ2n) is 8.37. The van der Waals surface area contributed by atoms with Crippen LogP contribution in [0.15, 0.2) is 52.9 Å². The Hall–Kier alpha value is -3.09. The summed E-state index contributed by atoms with van der Waals surface area (Å²) in [4.78, 5) is 12.8. The minimum atomic E-state index is -0.190. The number of aromatic amines is 1. The molecule has 0 aliphatic carbocycles. The molecule has 0 unspecified atom stereocenters. The smallest absolute Gasteiger partial charge is 0.277 e. The van der Waals surface area contributed by atoms with Gasteiger partial charge in [-0.1, -0.05) is 37.6 Å². The lowest BCUT2D eigenvalue weighted by atomic mass is 10.1. The molecule has 0 radical (unpaired) electrons. The normalized spacial score (nSPS) is 11.4. The standard InChI is InChI=1S/C25H27ClN4O2/c1-15(2)23-12-18-10-20(26)11-19(24(18)32-23)14-30-16(3)9-22(29-30)25(31)28-21-7-5-17(6-8-21)13-27-4/h5-12,15,27H,13-14H2,1-4H3,(H,28,31)/p+1. The summed E-state index contributed by atoms with van der Waals surface area (Å²) in [5.41, 5.74) is 5.12. The van der Waals surface area contributed by atoms with Crippen molar-refractivity contribution in [2.45, 2.75) is 39.8 Å². The Bertz CT molecular complexity index is 1260. The maximum atomic E-state index is 12.8. The summed E-state index contributed by atoms with van der Waals surface area (Å²) < 4.78 is 8.04. The summed E-state index contributed by atoms with van der Waals surface area (Å²) in [6, 6.07) is 15.5. The molecule has 7 heteroatoms. The molecule has 0 spiro atoms. The van der Waals surface area contributed by atoms with Gasteiger partial charge in [0.25, 0.3) is 5.91 Å². The molecule has 0 fully saturated rings. The zero-order valence-electron chi connectivity index (χ0n) is 18.8. The predicted octanol–water partition coefficient (Wildman–Crippen LogP) is 5.15. The second kappa shape index (κ2) is 9.18. The van der Waals surface area contributed by atoms with E-state index in [0.29, 0.717) is 17.3 Å². The molecule has 3 N–H and O–H groups in total. The van der Waals surface area contributed by atoms with Gasteiger partial charge in [0.15, 0.2) is 5.69 Å². The number of H-pyrrole nitrogens is 1. The highest BCUT2D eigenvalue weighted by molar-refractivity contribution is 6.31. The van der Waals surface area contributed by atoms with Crippen LogP contribution in [-0.2, 0) is 13.1 Å². The summed E-state index contributed by atoms with van der Waals surface area (Å²) in [6.07, 6.45) is 0. The molecule has 4 rings (SSSR count). The van der Waals surface area contributed by atoms with E-state index < -0.39 is 0 Å². The number of amides is 1. The van der Waals surface area contributed by atoms with Gasteiger partial charge in [0.05, 0.1) is 5.56 Å². The van der Waals surface area contributed by atoms with Gasteiger partial charge in [0, 0.05) is 41.5 Å². The highest BCUT2D eigenvalue weighted by Gasteiger charge is 2.21. The van der Waals surface area contributed by atoms with Crippen LogP contribution >= 0.6 is 11.6 Å². The number of anilines is 1. The molecule has 1 amide bonds. The number of nitrogens with one attached hydrogen (secondary N) is 3. The maximum absolute atomic E-state index is 12.8. The largest absolute Gasteiger partial charge is 0.460 e. The first-order chi connectivity index (χ1) is 15.3. The third-order valence-electron chi connectivity index (χ3n) is 5.45. The minimum Gasteiger partial charge on any atom is -0.460 e. The van der Waals surface area contributed by atoms with Gasteiger partial charge >= 0.3 is 0 Å². The highest BCUT2D eigenvalue weighted by atomic mass is 35.5. The first-order valence-electron chi connectivity index (χ1n) is 10.7. The van der Waals surface area contributed by atoms with Gasteiger partial charge in [-0.25, -0.2) is 0 Å². The predicted molar refractivity (Wildman–Crippen MR) is 127 cm³/mol. The van der Waals surface area contributed by atoms with E-state index in [1.807, 2.05) is 67.2 Å². The van der Waals surface area contributed by atoms with E-state index in [1.54, 1.807) is 0 Å². The van der Waals surface area contributed by atoms with Crippen molar-refractivity contribution in [1.29, 1.82) is 0 Å². The Balaban J connectivity index is 1.55. The highest BCUT2D eigenvalue weighted by Crippen LogP contribution is 2.30. The van der Waals surface area contributed by atoms with Crippen molar-refractivity contribution in [3.63, 3.8) is 0 Å². The minimum absolute atomic E-state index is 0.190. The Labute approximate surface area is 192 Å². The number of rotatable bonds is 7. The number of aromatic nitrogens is 2. The lowest BCUT2D eigenvalue weighted by Gasteiger charge is -2.05. The van der Waals surface area contributed by atoms with Gasteiger partial charge in [-0.2, -0.15) is 5.10 Å². The van der Waals surface area contributed by atoms with Crippen LogP contribution in [0.2, 0.25) is 5.02 Å². The van der Waals surface area contributed by atoms with Gasteiger partial charge in [-0.3, -0.25) is 4.79 Å². The SMILES string of the molecule is CNCc1ccc(NC(=O)c2cc(C)[n+](Cc3cc(Cl)cc4cc(C(C)C)oc34)[nH]2)cc1. The molecule has 4 aromatic rings. The van der Waals surface area contributed by atoms with Crippen molar-refractivity contribution < 1.29 is 13.9 Å². The number of hydrogen-bond donors (Lipinski definition) is 3. The molecule has 2 heterocycles. The van der Waals surface area contributed by atoms with E-state index in [1.165, 1.54) is 0 Å². The Kier molecular flexibility index (Phi) is 6.35. The topological polar surface area (TPSA) is 73.9 Å². The van der Waals surface area contributed by atoms with E-state index in [0.717, 1.165) is 45.8 Å². The molecule has 0 saturated heterocycles. The van der Waals surface area contributed by atoms with Crippen LogP contribution in [0.3, 0.4) is 0 Å². The number of furan rings is 1. The Morgan fingerprint density at radius 2 is 1.91 bits per heavy atom. The van der Waals surface area contributed by atoms with Gasteiger partial charge in [-0.05, 0) is 42.9 Å². The molecule has 0 saturated carbocycles. The third kappa shape index (κ3) is 4.71. The average Bonchev–Trinajstić information content (AvgIpc) is 3.34. The number of benzene rings is 2. The van der Waals surface area contributed by atoms with E-state index in [-0.39, 0.29) is 11.8 Å². The molecule has 2 aromatic heterocycles.